The minimum atomic E-state index is -1.30. The molecule has 2 rings (SSSR count). The molecule has 0 aliphatic rings. The summed E-state index contributed by atoms with van der Waals surface area (Å²) in [6.07, 6.45) is -1.30. The molecule has 0 saturated carbocycles. The van der Waals surface area contributed by atoms with E-state index in [-0.39, 0.29) is 5.02 Å². The smallest absolute Gasteiger partial charge is 0.271 e. The Morgan fingerprint density at radius 2 is 1.90 bits per heavy atom. The third kappa shape index (κ3) is 3.46. The highest BCUT2D eigenvalue weighted by atomic mass is 35.5. The summed E-state index contributed by atoms with van der Waals surface area (Å²) in [5.41, 5.74) is 5.59. The molecule has 4 nitrogen and oxygen atoms in total. The van der Waals surface area contributed by atoms with Crippen molar-refractivity contribution in [1.82, 2.24) is 5.43 Å². The predicted molar refractivity (Wildman–Crippen MR) is 74.6 cm³/mol. The highest BCUT2D eigenvalue weighted by Crippen LogP contribution is 2.18. The monoisotopic (exact) mass is 294 g/mol. The molecule has 2 aromatic carbocycles. The van der Waals surface area contributed by atoms with E-state index in [1.54, 1.807) is 30.3 Å². The molecule has 0 aromatic heterocycles. The summed E-state index contributed by atoms with van der Waals surface area (Å²) < 4.78 is 13.2. The molecule has 3 N–H and O–H groups in total. The van der Waals surface area contributed by atoms with Gasteiger partial charge in [-0.2, -0.15) is 0 Å². The molecule has 0 heterocycles. The summed E-state index contributed by atoms with van der Waals surface area (Å²) in [6, 6.07) is 12.5. The summed E-state index contributed by atoms with van der Waals surface area (Å²) in [5, 5.41) is 9.81. The number of hydrazine groups is 1. The number of carbonyl (C=O) groups excluding carboxylic acids is 1. The van der Waals surface area contributed by atoms with E-state index >= 15 is 0 Å². The van der Waals surface area contributed by atoms with Gasteiger partial charge >= 0.3 is 0 Å². The van der Waals surface area contributed by atoms with Crippen LogP contribution in [-0.4, -0.2) is 11.0 Å². The fourth-order valence-electron chi connectivity index (χ4n) is 1.56. The van der Waals surface area contributed by atoms with E-state index in [1.807, 2.05) is 0 Å². The number of nitrogens with one attached hydrogen (secondary N) is 2. The maximum atomic E-state index is 13.2. The Morgan fingerprint density at radius 3 is 2.55 bits per heavy atom. The standard InChI is InChI=1S/C14H12ClFN2O2/c15-11-7-6-10(8-12(11)16)17-18-14(20)13(19)9-4-2-1-3-5-9/h1-8,13,17,19H,(H,18,20). The van der Waals surface area contributed by atoms with Gasteiger partial charge in [0.05, 0.1) is 10.7 Å². The first-order valence-electron chi connectivity index (χ1n) is 5.82. The lowest BCUT2D eigenvalue weighted by atomic mass is 10.1. The van der Waals surface area contributed by atoms with Crippen molar-refractivity contribution in [2.75, 3.05) is 5.43 Å². The molecule has 1 unspecified atom stereocenters. The molecule has 2 aromatic rings. The van der Waals surface area contributed by atoms with Crippen LogP contribution in [0.5, 0.6) is 0 Å². The van der Waals surface area contributed by atoms with Crippen molar-refractivity contribution in [3.8, 4) is 0 Å². The van der Waals surface area contributed by atoms with Crippen LogP contribution in [0.4, 0.5) is 10.1 Å². The number of hydrogen-bond acceptors (Lipinski definition) is 3. The van der Waals surface area contributed by atoms with Crippen LogP contribution in [-0.2, 0) is 4.79 Å². The van der Waals surface area contributed by atoms with Gasteiger partial charge in [-0.1, -0.05) is 41.9 Å². The maximum absolute atomic E-state index is 13.2. The van der Waals surface area contributed by atoms with Gasteiger partial charge < -0.3 is 5.11 Å². The van der Waals surface area contributed by atoms with Gasteiger partial charge in [-0.25, -0.2) is 4.39 Å². The fraction of sp³-hybridized carbons (Fsp3) is 0.0714. The second-order valence-electron chi connectivity index (χ2n) is 4.06. The minimum Gasteiger partial charge on any atom is -0.378 e. The quantitative estimate of drug-likeness (QED) is 0.760. The zero-order chi connectivity index (χ0) is 14.5. The molecule has 1 amide bonds. The first-order chi connectivity index (χ1) is 9.58. The third-order valence-corrected chi connectivity index (χ3v) is 2.92. The number of aliphatic hydroxyl groups excluding tert-OH is 1. The molecular formula is C14H12ClFN2O2. The maximum Gasteiger partial charge on any atom is 0.271 e. The number of halogens is 2. The zero-order valence-electron chi connectivity index (χ0n) is 10.3. The van der Waals surface area contributed by atoms with Gasteiger partial charge in [0.15, 0.2) is 6.10 Å². The molecule has 104 valence electrons. The van der Waals surface area contributed by atoms with Crippen LogP contribution in [0.3, 0.4) is 0 Å². The van der Waals surface area contributed by atoms with Crippen LogP contribution in [0.25, 0.3) is 0 Å². The Labute approximate surface area is 120 Å². The first kappa shape index (κ1) is 14.3. The molecule has 0 saturated heterocycles. The molecule has 0 spiro atoms. The number of benzene rings is 2. The van der Waals surface area contributed by atoms with Crippen molar-refractivity contribution >= 4 is 23.2 Å². The van der Waals surface area contributed by atoms with E-state index < -0.39 is 17.8 Å². The Balaban J connectivity index is 1.96. The Morgan fingerprint density at radius 1 is 1.20 bits per heavy atom. The van der Waals surface area contributed by atoms with Crippen LogP contribution >= 0.6 is 11.6 Å². The van der Waals surface area contributed by atoms with E-state index in [2.05, 4.69) is 10.9 Å². The fourth-order valence-corrected chi connectivity index (χ4v) is 1.68. The average Bonchev–Trinajstić information content (AvgIpc) is 2.48. The largest absolute Gasteiger partial charge is 0.378 e. The second-order valence-corrected chi connectivity index (χ2v) is 4.46. The number of hydrogen-bond donors (Lipinski definition) is 3. The van der Waals surface area contributed by atoms with Crippen LogP contribution in [0.2, 0.25) is 5.02 Å². The summed E-state index contributed by atoms with van der Waals surface area (Å²) in [7, 11) is 0. The average molecular weight is 295 g/mol. The summed E-state index contributed by atoms with van der Waals surface area (Å²) >= 11 is 5.54. The summed E-state index contributed by atoms with van der Waals surface area (Å²) in [5.74, 6) is -1.25. The van der Waals surface area contributed by atoms with E-state index in [1.165, 1.54) is 12.1 Å². The molecule has 0 bridgehead atoms. The Kier molecular flexibility index (Phi) is 4.55. The van der Waals surface area contributed by atoms with Crippen LogP contribution in [0, 0.1) is 5.82 Å². The zero-order valence-corrected chi connectivity index (χ0v) is 11.1. The summed E-state index contributed by atoms with van der Waals surface area (Å²) in [6.45, 7) is 0. The lowest BCUT2D eigenvalue weighted by Crippen LogP contribution is -2.33. The minimum absolute atomic E-state index is 0.00815. The van der Waals surface area contributed by atoms with Crippen LogP contribution in [0.1, 0.15) is 11.7 Å². The summed E-state index contributed by atoms with van der Waals surface area (Å²) in [4.78, 5) is 11.7. The highest BCUT2D eigenvalue weighted by Gasteiger charge is 2.16. The first-order valence-corrected chi connectivity index (χ1v) is 6.19. The van der Waals surface area contributed by atoms with Gasteiger partial charge in [0.2, 0.25) is 0 Å². The molecule has 1 atom stereocenters. The van der Waals surface area contributed by atoms with Crippen molar-refractivity contribution in [1.29, 1.82) is 0 Å². The van der Waals surface area contributed by atoms with Gasteiger partial charge in [-0.05, 0) is 17.7 Å². The number of anilines is 1. The van der Waals surface area contributed by atoms with Gasteiger partial charge in [0.25, 0.3) is 5.91 Å². The van der Waals surface area contributed by atoms with Crippen molar-refractivity contribution in [3.63, 3.8) is 0 Å². The molecule has 0 fully saturated rings. The molecule has 0 aliphatic carbocycles. The third-order valence-electron chi connectivity index (χ3n) is 2.61. The molecule has 6 heteroatoms. The second kappa shape index (κ2) is 6.36. The number of amides is 1. The predicted octanol–water partition coefficient (Wildman–Crippen LogP) is 2.66. The number of rotatable bonds is 4. The lowest BCUT2D eigenvalue weighted by Gasteiger charge is -2.13. The Bertz CT molecular complexity index is 607. The lowest BCUT2D eigenvalue weighted by molar-refractivity contribution is -0.129. The Hall–Kier alpha value is -2.11. The van der Waals surface area contributed by atoms with Crippen LogP contribution < -0.4 is 10.9 Å². The SMILES string of the molecule is O=C(NNc1ccc(Cl)c(F)c1)C(O)c1ccccc1. The van der Waals surface area contributed by atoms with E-state index in [4.69, 9.17) is 11.6 Å². The normalized spacial score (nSPS) is 11.8. The molecule has 0 radical (unpaired) electrons. The van der Waals surface area contributed by atoms with Crippen molar-refractivity contribution in [2.24, 2.45) is 0 Å². The van der Waals surface area contributed by atoms with Gasteiger partial charge in [0, 0.05) is 6.07 Å². The van der Waals surface area contributed by atoms with E-state index in [0.29, 0.717) is 11.3 Å². The van der Waals surface area contributed by atoms with E-state index in [9.17, 15) is 14.3 Å². The van der Waals surface area contributed by atoms with Crippen LogP contribution in [0.15, 0.2) is 48.5 Å². The van der Waals surface area contributed by atoms with Crippen molar-refractivity contribution in [2.45, 2.75) is 6.10 Å². The van der Waals surface area contributed by atoms with E-state index in [0.717, 1.165) is 6.07 Å². The van der Waals surface area contributed by atoms with Crippen molar-refractivity contribution < 1.29 is 14.3 Å². The number of carbonyl (C=O) groups is 1. The number of aliphatic hydroxyl groups is 1. The topological polar surface area (TPSA) is 61.4 Å². The molecule has 20 heavy (non-hydrogen) atoms. The highest BCUT2D eigenvalue weighted by molar-refractivity contribution is 6.30. The molecule has 0 aliphatic heterocycles. The van der Waals surface area contributed by atoms with Gasteiger partial charge in [0.1, 0.15) is 5.82 Å². The molecular weight excluding hydrogens is 283 g/mol. The van der Waals surface area contributed by atoms with Gasteiger partial charge in [-0.3, -0.25) is 15.6 Å². The van der Waals surface area contributed by atoms with Gasteiger partial charge in [-0.15, -0.1) is 0 Å². The van der Waals surface area contributed by atoms with Crippen molar-refractivity contribution in [3.05, 3.63) is 64.9 Å².